The first-order valence-corrected chi connectivity index (χ1v) is 9.27. The van der Waals surface area contributed by atoms with Gasteiger partial charge < -0.3 is 4.48 Å². The monoisotopic (exact) mass is 298 g/mol. The van der Waals surface area contributed by atoms with Gasteiger partial charge in [-0.2, -0.15) is 0 Å². The van der Waals surface area contributed by atoms with Gasteiger partial charge in [-0.25, -0.2) is 0 Å². The van der Waals surface area contributed by atoms with Crippen molar-refractivity contribution in [2.75, 3.05) is 21.1 Å². The van der Waals surface area contributed by atoms with Crippen LogP contribution in [0.4, 0.5) is 0 Å². The number of quaternary nitrogens is 1. The van der Waals surface area contributed by atoms with Gasteiger partial charge in [0.15, 0.2) is 5.78 Å². The molecule has 0 aromatic carbocycles. The number of rotatable bonds is 14. The molecule has 0 rings (SSSR count). The van der Waals surface area contributed by atoms with Crippen LogP contribution < -0.4 is 0 Å². The van der Waals surface area contributed by atoms with Gasteiger partial charge in [0.25, 0.3) is 0 Å². The van der Waals surface area contributed by atoms with Crippen molar-refractivity contribution in [3.63, 3.8) is 0 Å². The first-order chi connectivity index (χ1) is 9.93. The highest BCUT2D eigenvalue weighted by atomic mass is 16.1. The number of hydrogen-bond donors (Lipinski definition) is 0. The lowest BCUT2D eigenvalue weighted by Gasteiger charge is -2.33. The summed E-state index contributed by atoms with van der Waals surface area (Å²) in [6.07, 6.45) is 14.8. The summed E-state index contributed by atoms with van der Waals surface area (Å²) in [6.45, 7) is 4.44. The van der Waals surface area contributed by atoms with Gasteiger partial charge in [0, 0.05) is 12.8 Å². The molecule has 0 bridgehead atoms. The van der Waals surface area contributed by atoms with E-state index in [1.165, 1.54) is 51.4 Å². The number of unbranched alkanes of at least 4 members (excludes halogenated alkanes) is 8. The Morgan fingerprint density at radius 2 is 1.24 bits per heavy atom. The molecule has 0 aromatic rings. The first-order valence-electron chi connectivity index (χ1n) is 9.27. The molecule has 0 spiro atoms. The topological polar surface area (TPSA) is 17.1 Å². The molecule has 0 aliphatic carbocycles. The summed E-state index contributed by atoms with van der Waals surface area (Å²) in [7, 11) is 6.44. The van der Waals surface area contributed by atoms with Crippen molar-refractivity contribution in [2.45, 2.75) is 96.9 Å². The summed E-state index contributed by atoms with van der Waals surface area (Å²) in [5, 5.41) is 0. The second-order valence-electron chi connectivity index (χ2n) is 7.47. The average molecular weight is 299 g/mol. The molecule has 126 valence electrons. The minimum atomic E-state index is 0.198. The molecule has 0 fully saturated rings. The zero-order chi connectivity index (χ0) is 16.1. The van der Waals surface area contributed by atoms with E-state index in [1.54, 1.807) is 0 Å². The normalized spacial score (nSPS) is 13.4. The zero-order valence-electron chi connectivity index (χ0n) is 15.4. The van der Waals surface area contributed by atoms with Crippen LogP contribution in [0.3, 0.4) is 0 Å². The summed E-state index contributed by atoms with van der Waals surface area (Å²) in [5.74, 6) is 0.479. The lowest BCUT2D eigenvalue weighted by molar-refractivity contribution is -0.886. The molecule has 0 aliphatic rings. The summed E-state index contributed by atoms with van der Waals surface area (Å²) in [5.41, 5.74) is 0. The SMILES string of the molecule is CCCCCCCCCCCC(=O)C(CCC)[N+](C)(C)C. The van der Waals surface area contributed by atoms with Crippen molar-refractivity contribution in [3.8, 4) is 0 Å². The molecule has 1 unspecified atom stereocenters. The van der Waals surface area contributed by atoms with E-state index >= 15 is 0 Å². The zero-order valence-corrected chi connectivity index (χ0v) is 15.4. The van der Waals surface area contributed by atoms with Gasteiger partial charge in [-0.15, -0.1) is 0 Å². The van der Waals surface area contributed by atoms with Crippen LogP contribution in [0.15, 0.2) is 0 Å². The van der Waals surface area contributed by atoms with Crippen LogP contribution in [0.5, 0.6) is 0 Å². The van der Waals surface area contributed by atoms with Gasteiger partial charge >= 0.3 is 0 Å². The van der Waals surface area contributed by atoms with E-state index in [2.05, 4.69) is 35.0 Å². The minimum absolute atomic E-state index is 0.198. The predicted octanol–water partition coefficient (Wildman–Crippen LogP) is 5.35. The Balaban J connectivity index is 3.68. The smallest absolute Gasteiger partial charge is 0.189 e. The van der Waals surface area contributed by atoms with Gasteiger partial charge in [-0.05, 0) is 6.42 Å². The number of hydrogen-bond acceptors (Lipinski definition) is 1. The molecular weight excluding hydrogens is 258 g/mol. The maximum atomic E-state index is 12.4. The third-order valence-corrected chi connectivity index (χ3v) is 4.40. The van der Waals surface area contributed by atoms with Gasteiger partial charge in [-0.1, -0.05) is 71.6 Å². The molecule has 0 N–H and O–H groups in total. The van der Waals surface area contributed by atoms with Crippen LogP contribution >= 0.6 is 0 Å². The standard InChI is InChI=1S/C19H40NO/c1-6-8-9-10-11-12-13-14-15-17-19(21)18(16-7-2)20(3,4)5/h18H,6-17H2,1-5H3/q+1. The molecule has 2 heteroatoms. The Kier molecular flexibility index (Phi) is 12.0. The van der Waals surface area contributed by atoms with Gasteiger partial charge in [0.05, 0.1) is 21.1 Å². The lowest BCUT2D eigenvalue weighted by Crippen LogP contribution is -2.49. The average Bonchev–Trinajstić information content (AvgIpc) is 2.41. The third kappa shape index (κ3) is 10.9. The van der Waals surface area contributed by atoms with E-state index in [0.717, 1.165) is 30.2 Å². The molecule has 21 heavy (non-hydrogen) atoms. The molecule has 2 nitrogen and oxygen atoms in total. The third-order valence-electron chi connectivity index (χ3n) is 4.40. The Morgan fingerprint density at radius 3 is 1.67 bits per heavy atom. The first kappa shape index (κ1) is 20.6. The van der Waals surface area contributed by atoms with Crippen molar-refractivity contribution in [1.82, 2.24) is 0 Å². The van der Waals surface area contributed by atoms with E-state index in [9.17, 15) is 4.79 Å². The van der Waals surface area contributed by atoms with Crippen molar-refractivity contribution in [1.29, 1.82) is 0 Å². The second-order valence-corrected chi connectivity index (χ2v) is 7.47. The fourth-order valence-electron chi connectivity index (χ4n) is 3.03. The van der Waals surface area contributed by atoms with Crippen LogP contribution in [0.1, 0.15) is 90.9 Å². The highest BCUT2D eigenvalue weighted by Crippen LogP contribution is 2.16. The molecule has 1 atom stereocenters. The minimum Gasteiger partial charge on any atom is -0.322 e. The summed E-state index contributed by atoms with van der Waals surface area (Å²) < 4.78 is 0.782. The number of Topliss-reactive ketones (excluding diaryl/α,β-unsaturated/α-hetero) is 1. The van der Waals surface area contributed by atoms with Gasteiger partial charge in [-0.3, -0.25) is 4.79 Å². The number of carbonyl (C=O) groups excluding carboxylic acids is 1. The van der Waals surface area contributed by atoms with E-state index in [1.807, 2.05) is 0 Å². The predicted molar refractivity (Wildman–Crippen MR) is 93.6 cm³/mol. The van der Waals surface area contributed by atoms with Crippen molar-refractivity contribution < 1.29 is 9.28 Å². The number of likely N-dealkylation sites (N-methyl/N-ethyl adjacent to an activating group) is 1. The quantitative estimate of drug-likeness (QED) is 0.312. The van der Waals surface area contributed by atoms with E-state index in [4.69, 9.17) is 0 Å². The Morgan fingerprint density at radius 1 is 0.762 bits per heavy atom. The second kappa shape index (κ2) is 12.2. The summed E-state index contributed by atoms with van der Waals surface area (Å²) in [6, 6.07) is 0.198. The number of carbonyl (C=O) groups is 1. The van der Waals surface area contributed by atoms with Crippen molar-refractivity contribution in [2.24, 2.45) is 0 Å². The van der Waals surface area contributed by atoms with E-state index < -0.39 is 0 Å². The lowest BCUT2D eigenvalue weighted by atomic mass is 9.98. The molecule has 0 amide bonds. The Hall–Kier alpha value is -0.370. The maximum absolute atomic E-state index is 12.4. The van der Waals surface area contributed by atoms with Crippen LogP contribution in [0.2, 0.25) is 0 Å². The molecular formula is C19H40NO+. The van der Waals surface area contributed by atoms with Crippen LogP contribution in [0.25, 0.3) is 0 Å². The molecule has 0 heterocycles. The fraction of sp³-hybridized carbons (Fsp3) is 0.947. The highest BCUT2D eigenvalue weighted by Gasteiger charge is 2.29. The molecule has 0 aromatic heterocycles. The summed E-state index contributed by atoms with van der Waals surface area (Å²) in [4.78, 5) is 12.4. The largest absolute Gasteiger partial charge is 0.322 e. The number of ketones is 1. The Bertz CT molecular complexity index is 255. The van der Waals surface area contributed by atoms with Gasteiger partial charge in [0.2, 0.25) is 0 Å². The Labute approximate surface area is 133 Å². The van der Waals surface area contributed by atoms with Crippen molar-refractivity contribution >= 4 is 5.78 Å². The van der Waals surface area contributed by atoms with Gasteiger partial charge in [0.1, 0.15) is 6.04 Å². The van der Waals surface area contributed by atoms with Crippen molar-refractivity contribution in [3.05, 3.63) is 0 Å². The summed E-state index contributed by atoms with van der Waals surface area (Å²) >= 11 is 0. The van der Waals surface area contributed by atoms with E-state index in [-0.39, 0.29) is 6.04 Å². The molecule has 0 aliphatic heterocycles. The maximum Gasteiger partial charge on any atom is 0.189 e. The van der Waals surface area contributed by atoms with Crippen LogP contribution in [-0.4, -0.2) is 37.5 Å². The molecule has 0 radical (unpaired) electrons. The fourth-order valence-corrected chi connectivity index (χ4v) is 3.03. The van der Waals surface area contributed by atoms with E-state index in [0.29, 0.717) is 5.78 Å². The van der Waals surface area contributed by atoms with Crippen LogP contribution in [0, 0.1) is 0 Å². The number of nitrogens with zero attached hydrogens (tertiary/aromatic N) is 1. The molecule has 0 saturated heterocycles. The highest BCUT2D eigenvalue weighted by molar-refractivity contribution is 5.82. The molecule has 0 saturated carbocycles. The van der Waals surface area contributed by atoms with Crippen LogP contribution in [-0.2, 0) is 4.79 Å².